The Morgan fingerprint density at radius 1 is 1.08 bits per heavy atom. The summed E-state index contributed by atoms with van der Waals surface area (Å²) >= 11 is 6.26. The number of hydrogen-bond donors (Lipinski definition) is 3. The van der Waals surface area contributed by atoms with E-state index in [0.29, 0.717) is 59.5 Å². The van der Waals surface area contributed by atoms with E-state index in [9.17, 15) is 27.6 Å². The van der Waals surface area contributed by atoms with Gasteiger partial charge in [0.05, 0.1) is 5.02 Å². The zero-order valence-electron chi connectivity index (χ0n) is 25.8. The number of nitrogens with one attached hydrogen (secondary N) is 2. The highest BCUT2D eigenvalue weighted by atomic mass is 35.5. The molecule has 0 aromatic carbocycles. The molecule has 4 heterocycles. The number of nitrogens with zero attached hydrogens (tertiary/aromatic N) is 4. The van der Waals surface area contributed by atoms with Crippen LogP contribution >= 0.6 is 11.6 Å². The molecule has 11 nitrogen and oxygen atoms in total. The van der Waals surface area contributed by atoms with E-state index in [-0.39, 0.29) is 12.5 Å². The molecule has 0 fully saturated rings. The molecule has 1 unspecified atom stereocenters. The van der Waals surface area contributed by atoms with Gasteiger partial charge >= 0.3 is 18.2 Å². The largest absolute Gasteiger partial charge is 0.480 e. The Bertz CT molecular complexity index is 1830. The normalized spacial score (nSPS) is 18.8. The van der Waals surface area contributed by atoms with Crippen LogP contribution in [-0.2, 0) is 33.5 Å². The van der Waals surface area contributed by atoms with Crippen molar-refractivity contribution in [3.05, 3.63) is 94.7 Å². The minimum Gasteiger partial charge on any atom is -0.480 e. The van der Waals surface area contributed by atoms with Gasteiger partial charge < -0.3 is 20.5 Å². The molecule has 0 saturated carbocycles. The van der Waals surface area contributed by atoms with Crippen molar-refractivity contribution in [2.24, 2.45) is 5.41 Å². The third kappa shape index (κ3) is 8.48. The summed E-state index contributed by atoms with van der Waals surface area (Å²) in [5.74, 6) is -0.977. The number of carbonyl (C=O) groups is 3. The number of aliphatic carboxylic acids is 1. The van der Waals surface area contributed by atoms with Crippen LogP contribution in [0.3, 0.4) is 0 Å². The highest BCUT2D eigenvalue weighted by Gasteiger charge is 2.35. The molecule has 0 saturated heterocycles. The summed E-state index contributed by atoms with van der Waals surface area (Å²) < 4.78 is 45.5. The molecule has 1 aliphatic carbocycles. The van der Waals surface area contributed by atoms with E-state index >= 15 is 0 Å². The molecule has 0 spiro atoms. The Hall–Kier alpha value is -4.98. The van der Waals surface area contributed by atoms with Gasteiger partial charge in [0, 0.05) is 48.6 Å². The van der Waals surface area contributed by atoms with Gasteiger partial charge in [-0.05, 0) is 66.6 Å². The molecule has 4 aromatic rings. The average molecular weight is 685 g/mol. The Labute approximate surface area is 278 Å². The van der Waals surface area contributed by atoms with E-state index in [4.69, 9.17) is 21.4 Å². The van der Waals surface area contributed by atoms with Gasteiger partial charge in [0.25, 0.3) is 0 Å². The van der Waals surface area contributed by atoms with Gasteiger partial charge in [-0.1, -0.05) is 36.7 Å². The highest BCUT2D eigenvalue weighted by molar-refractivity contribution is 6.31. The van der Waals surface area contributed by atoms with Crippen molar-refractivity contribution in [3.63, 3.8) is 0 Å². The van der Waals surface area contributed by atoms with Gasteiger partial charge in [-0.3, -0.25) is 14.6 Å². The first-order valence-electron chi connectivity index (χ1n) is 15.0. The topological polar surface area (TPSA) is 148 Å². The zero-order chi connectivity index (χ0) is 34.5. The highest BCUT2D eigenvalue weighted by Crippen LogP contribution is 2.33. The number of pyridine rings is 3. The van der Waals surface area contributed by atoms with Gasteiger partial charge in [0.1, 0.15) is 29.8 Å². The van der Waals surface area contributed by atoms with Crippen molar-refractivity contribution in [1.82, 2.24) is 24.8 Å². The number of alkyl halides is 3. The summed E-state index contributed by atoms with van der Waals surface area (Å²) in [5, 5.41) is 15.5. The van der Waals surface area contributed by atoms with E-state index in [1.165, 1.54) is 16.8 Å². The molecule has 1 aliphatic rings. The van der Waals surface area contributed by atoms with Gasteiger partial charge in [0.2, 0.25) is 5.91 Å². The molecule has 4 aromatic heterocycles. The first-order chi connectivity index (χ1) is 22.8. The van der Waals surface area contributed by atoms with Crippen molar-refractivity contribution in [1.29, 1.82) is 0 Å². The number of rotatable bonds is 9. The van der Waals surface area contributed by atoms with E-state index < -0.39 is 42.0 Å². The number of halogens is 4. The standard InChI is InChI=1S/C33H32ClF3N6O5/c1-32(30(46)42-18-28(44)45)10-3-2-4-24(9-11-32)48-31(47)43-19-22(25-13-23(34)17-41-29(25)43)12-20-6-8-27(39-14-20)40-16-21-5-7-26(38-15-21)33(35,36)37/h2,4-8,13-15,17,19,24H,3,9-12,16,18H2,1H3,(H,39,40)(H,42,46)(H,44,45)/b4-2+/t24?,32-/m1/s1. The van der Waals surface area contributed by atoms with Crippen LogP contribution in [0.5, 0.6) is 0 Å². The molecular formula is C33H32ClF3N6O5. The number of carbonyl (C=O) groups excluding carboxylic acids is 2. The quantitative estimate of drug-likeness (QED) is 0.171. The van der Waals surface area contributed by atoms with Crippen LogP contribution in [0.2, 0.25) is 5.02 Å². The van der Waals surface area contributed by atoms with E-state index in [1.54, 1.807) is 37.5 Å². The fourth-order valence-corrected chi connectivity index (χ4v) is 5.54. The number of aromatic nitrogens is 4. The number of hydrogen-bond acceptors (Lipinski definition) is 8. The predicted molar refractivity (Wildman–Crippen MR) is 170 cm³/mol. The number of ether oxygens (including phenoxy) is 1. The lowest BCUT2D eigenvalue weighted by Crippen LogP contribution is -2.42. The minimum absolute atomic E-state index is 0.227. The van der Waals surface area contributed by atoms with Crippen molar-refractivity contribution >= 4 is 46.4 Å². The van der Waals surface area contributed by atoms with Crippen LogP contribution in [0.15, 0.2) is 67.3 Å². The van der Waals surface area contributed by atoms with Gasteiger partial charge in [-0.25, -0.2) is 19.3 Å². The fourth-order valence-electron chi connectivity index (χ4n) is 5.38. The van der Waals surface area contributed by atoms with Crippen LogP contribution in [-0.4, -0.2) is 55.2 Å². The maximum Gasteiger partial charge on any atom is 0.433 e. The monoisotopic (exact) mass is 684 g/mol. The maximum absolute atomic E-state index is 13.5. The second-order valence-electron chi connectivity index (χ2n) is 11.7. The Kier molecular flexibility index (Phi) is 10.3. The molecule has 0 bridgehead atoms. The molecule has 252 valence electrons. The Morgan fingerprint density at radius 3 is 2.54 bits per heavy atom. The number of anilines is 1. The molecule has 5 rings (SSSR count). The van der Waals surface area contributed by atoms with Crippen molar-refractivity contribution in [3.8, 4) is 0 Å². The number of allylic oxidation sites excluding steroid dienone is 1. The Morgan fingerprint density at radius 2 is 1.85 bits per heavy atom. The van der Waals surface area contributed by atoms with Crippen molar-refractivity contribution in [2.45, 2.75) is 57.9 Å². The first kappa shape index (κ1) is 34.4. The third-order valence-corrected chi connectivity index (χ3v) is 8.30. The van der Waals surface area contributed by atoms with Crippen molar-refractivity contribution in [2.75, 3.05) is 11.9 Å². The lowest BCUT2D eigenvalue weighted by molar-refractivity contribution is -0.141. The molecule has 15 heteroatoms. The van der Waals surface area contributed by atoms with Crippen LogP contribution < -0.4 is 10.6 Å². The fraction of sp³-hybridized carbons (Fsp3) is 0.333. The number of amides is 1. The van der Waals surface area contributed by atoms with Crippen LogP contribution in [0, 0.1) is 5.41 Å². The zero-order valence-corrected chi connectivity index (χ0v) is 26.5. The van der Waals surface area contributed by atoms with E-state index in [2.05, 4.69) is 25.6 Å². The third-order valence-electron chi connectivity index (χ3n) is 8.09. The average Bonchev–Trinajstić information content (AvgIpc) is 3.39. The maximum atomic E-state index is 13.5. The van der Waals surface area contributed by atoms with Gasteiger partial charge in [0.15, 0.2) is 0 Å². The van der Waals surface area contributed by atoms with E-state index in [1.807, 2.05) is 12.1 Å². The number of fused-ring (bicyclic) bond motifs is 1. The molecule has 2 atom stereocenters. The summed E-state index contributed by atoms with van der Waals surface area (Å²) in [5.41, 5.74) is 0.682. The first-order valence-corrected chi connectivity index (χ1v) is 15.4. The summed E-state index contributed by atoms with van der Waals surface area (Å²) in [6, 6.07) is 7.57. The SMILES string of the molecule is C[C@@]1(C(=O)NCC(=O)O)CC/C=C/C(OC(=O)n2cc(Cc3ccc(NCc4ccc(C(F)(F)F)nc4)nc3)c3cc(Cl)cnc32)CC1. The molecule has 1 amide bonds. The molecular weight excluding hydrogens is 653 g/mol. The summed E-state index contributed by atoms with van der Waals surface area (Å²) in [6.07, 6.45) is 5.92. The Balaban J connectivity index is 1.25. The van der Waals surface area contributed by atoms with Crippen LogP contribution in [0.4, 0.5) is 23.8 Å². The smallest absolute Gasteiger partial charge is 0.433 e. The van der Waals surface area contributed by atoms with Crippen molar-refractivity contribution < 1.29 is 37.4 Å². The molecule has 0 radical (unpaired) electrons. The van der Waals surface area contributed by atoms with Crippen LogP contribution in [0.1, 0.15) is 55.0 Å². The summed E-state index contributed by atoms with van der Waals surface area (Å²) in [6.45, 7) is 1.53. The van der Waals surface area contributed by atoms with Gasteiger partial charge in [-0.2, -0.15) is 13.2 Å². The van der Waals surface area contributed by atoms with Crippen LogP contribution in [0.25, 0.3) is 11.0 Å². The number of carboxylic acid groups (broad SMARTS) is 1. The minimum atomic E-state index is -4.50. The summed E-state index contributed by atoms with van der Waals surface area (Å²) in [7, 11) is 0. The lowest BCUT2D eigenvalue weighted by Gasteiger charge is -2.30. The van der Waals surface area contributed by atoms with E-state index in [0.717, 1.165) is 23.4 Å². The number of carboxylic acids is 1. The molecule has 0 aliphatic heterocycles. The lowest BCUT2D eigenvalue weighted by atomic mass is 9.78. The second kappa shape index (κ2) is 14.4. The predicted octanol–water partition coefficient (Wildman–Crippen LogP) is 6.39. The second-order valence-corrected chi connectivity index (χ2v) is 12.2. The van der Waals surface area contributed by atoms with Gasteiger partial charge in [-0.15, -0.1) is 0 Å². The summed E-state index contributed by atoms with van der Waals surface area (Å²) in [4.78, 5) is 49.4. The molecule has 3 N–H and O–H groups in total. The molecule has 48 heavy (non-hydrogen) atoms.